The Hall–Kier alpha value is -2.10. The quantitative estimate of drug-likeness (QED) is 0.518. The van der Waals surface area contributed by atoms with Crippen LogP contribution < -0.4 is 10.1 Å². The number of hydrogen-bond donors (Lipinski definition) is 1. The molecule has 0 saturated carbocycles. The molecule has 0 unspecified atom stereocenters. The summed E-state index contributed by atoms with van der Waals surface area (Å²) in [6, 6.07) is 6.36. The van der Waals surface area contributed by atoms with Gasteiger partial charge in [0, 0.05) is 6.42 Å². The van der Waals surface area contributed by atoms with Crippen molar-refractivity contribution in [1.82, 2.24) is 9.97 Å². The lowest BCUT2D eigenvalue weighted by Crippen LogP contribution is -2.14. The molecule has 4 nitrogen and oxygen atoms in total. The van der Waals surface area contributed by atoms with Crippen molar-refractivity contribution in [3.8, 4) is 11.6 Å². The molecule has 0 spiro atoms. The number of unbranched alkanes of at least 4 members (excludes halogenated alkanes) is 4. The largest absolute Gasteiger partial charge is 0.435 e. The molecular formula is C22H31N3O. The number of nitrogens with one attached hydrogen (secondary N) is 1. The van der Waals surface area contributed by atoms with Crippen LogP contribution in [0.15, 0.2) is 18.2 Å². The van der Waals surface area contributed by atoms with Crippen LogP contribution >= 0.6 is 0 Å². The second-order valence-electron chi connectivity index (χ2n) is 8.26. The van der Waals surface area contributed by atoms with Crippen molar-refractivity contribution in [2.45, 2.75) is 78.6 Å². The lowest BCUT2D eigenvalue weighted by atomic mass is 9.87. The normalized spacial score (nSPS) is 12.8. The summed E-state index contributed by atoms with van der Waals surface area (Å²) in [5, 5.41) is 3.45. The maximum Gasteiger partial charge on any atom is 0.247 e. The van der Waals surface area contributed by atoms with Gasteiger partial charge < -0.3 is 10.1 Å². The summed E-state index contributed by atoms with van der Waals surface area (Å²) in [5.74, 6) is 2.38. The molecule has 1 aromatic heterocycles. The Bertz CT molecular complexity index is 778. The Morgan fingerprint density at radius 3 is 2.54 bits per heavy atom. The molecule has 1 aliphatic heterocycles. The smallest absolute Gasteiger partial charge is 0.247 e. The number of anilines is 2. The number of aryl methyl sites for hydroxylation is 2. The van der Waals surface area contributed by atoms with Crippen LogP contribution in [0.25, 0.3) is 0 Å². The van der Waals surface area contributed by atoms with Gasteiger partial charge in [0.2, 0.25) is 5.88 Å². The van der Waals surface area contributed by atoms with Gasteiger partial charge >= 0.3 is 0 Å². The average Bonchev–Trinajstić information content (AvgIpc) is 2.59. The summed E-state index contributed by atoms with van der Waals surface area (Å²) >= 11 is 0. The van der Waals surface area contributed by atoms with Crippen molar-refractivity contribution in [3.05, 3.63) is 35.3 Å². The van der Waals surface area contributed by atoms with E-state index in [0.717, 1.165) is 41.5 Å². The number of nitrogens with zero attached hydrogens (tertiary/aromatic N) is 2. The van der Waals surface area contributed by atoms with Gasteiger partial charge in [-0.05, 0) is 36.5 Å². The zero-order valence-electron chi connectivity index (χ0n) is 16.8. The number of rotatable bonds is 6. The third-order valence-corrected chi connectivity index (χ3v) is 4.92. The van der Waals surface area contributed by atoms with Gasteiger partial charge in [0.1, 0.15) is 11.5 Å². The number of aromatic nitrogens is 2. The molecule has 0 fully saturated rings. The van der Waals surface area contributed by atoms with Gasteiger partial charge in [-0.1, -0.05) is 59.4 Å². The number of hydrogen-bond acceptors (Lipinski definition) is 4. The summed E-state index contributed by atoms with van der Waals surface area (Å²) in [4.78, 5) is 9.37. The fourth-order valence-corrected chi connectivity index (χ4v) is 3.23. The lowest BCUT2D eigenvalue weighted by molar-refractivity contribution is 0.452. The molecule has 3 rings (SSSR count). The van der Waals surface area contributed by atoms with Crippen molar-refractivity contribution in [1.29, 1.82) is 0 Å². The molecule has 0 amide bonds. The van der Waals surface area contributed by atoms with Gasteiger partial charge in [0.25, 0.3) is 0 Å². The van der Waals surface area contributed by atoms with Crippen LogP contribution in [0.3, 0.4) is 0 Å². The molecule has 0 saturated heterocycles. The molecule has 0 aliphatic carbocycles. The molecule has 0 atom stereocenters. The van der Waals surface area contributed by atoms with E-state index in [1.54, 1.807) is 0 Å². The zero-order valence-corrected chi connectivity index (χ0v) is 16.8. The van der Waals surface area contributed by atoms with Crippen molar-refractivity contribution in [2.75, 3.05) is 5.32 Å². The van der Waals surface area contributed by atoms with Crippen LogP contribution in [0.1, 0.15) is 76.9 Å². The molecule has 2 heterocycles. The van der Waals surface area contributed by atoms with Gasteiger partial charge in [-0.3, -0.25) is 0 Å². The first-order chi connectivity index (χ1) is 12.4. The first-order valence-electron chi connectivity index (χ1n) is 9.85. The summed E-state index contributed by atoms with van der Waals surface area (Å²) in [5.41, 5.74) is 4.15. The SMILES string of the molecule is CCCCCCCc1nc(C)c2c(n1)Oc1cc(C(C)(C)C)ccc1N2. The van der Waals surface area contributed by atoms with Crippen molar-refractivity contribution < 1.29 is 4.74 Å². The summed E-state index contributed by atoms with van der Waals surface area (Å²) in [7, 11) is 0. The minimum absolute atomic E-state index is 0.0872. The predicted molar refractivity (Wildman–Crippen MR) is 108 cm³/mol. The van der Waals surface area contributed by atoms with Gasteiger partial charge in [-0.2, -0.15) is 4.98 Å². The third-order valence-electron chi connectivity index (χ3n) is 4.92. The molecule has 1 aliphatic rings. The zero-order chi connectivity index (χ0) is 18.7. The lowest BCUT2D eigenvalue weighted by Gasteiger charge is -2.25. The Balaban J connectivity index is 1.77. The van der Waals surface area contributed by atoms with Gasteiger partial charge in [-0.15, -0.1) is 0 Å². The molecule has 1 aromatic carbocycles. The maximum absolute atomic E-state index is 6.17. The summed E-state index contributed by atoms with van der Waals surface area (Å²) in [6.45, 7) is 10.9. The highest BCUT2D eigenvalue weighted by Crippen LogP contribution is 2.43. The van der Waals surface area contributed by atoms with E-state index in [4.69, 9.17) is 4.74 Å². The van der Waals surface area contributed by atoms with Crippen LogP contribution in [0.5, 0.6) is 11.6 Å². The van der Waals surface area contributed by atoms with Gasteiger partial charge in [-0.25, -0.2) is 4.98 Å². The molecule has 0 radical (unpaired) electrons. The maximum atomic E-state index is 6.17. The fraction of sp³-hybridized carbons (Fsp3) is 0.545. The molecule has 1 N–H and O–H groups in total. The van der Waals surface area contributed by atoms with E-state index in [9.17, 15) is 0 Å². The molecule has 0 bridgehead atoms. The average molecular weight is 354 g/mol. The van der Waals surface area contributed by atoms with E-state index in [1.807, 2.05) is 6.92 Å². The number of ether oxygens (including phenoxy) is 1. The molecule has 140 valence electrons. The summed E-state index contributed by atoms with van der Waals surface area (Å²) in [6.07, 6.45) is 7.16. The summed E-state index contributed by atoms with van der Waals surface area (Å²) < 4.78 is 6.17. The van der Waals surface area contributed by atoms with E-state index in [0.29, 0.717) is 5.88 Å². The monoisotopic (exact) mass is 353 g/mol. The third kappa shape index (κ3) is 4.17. The standard InChI is InChI=1S/C22H31N3O/c1-6-7-8-9-10-11-19-23-15(2)20-21(25-19)26-18-14-16(22(3,4)5)12-13-17(18)24-20/h12-14,24H,6-11H2,1-5H3. The minimum Gasteiger partial charge on any atom is -0.435 e. The Morgan fingerprint density at radius 1 is 1.04 bits per heavy atom. The van der Waals surface area contributed by atoms with Crippen LogP contribution in [-0.4, -0.2) is 9.97 Å². The first kappa shape index (κ1) is 18.7. The number of benzene rings is 1. The topological polar surface area (TPSA) is 47.0 Å². The van der Waals surface area contributed by atoms with Crippen molar-refractivity contribution >= 4 is 11.4 Å². The highest BCUT2D eigenvalue weighted by atomic mass is 16.5. The van der Waals surface area contributed by atoms with E-state index < -0.39 is 0 Å². The van der Waals surface area contributed by atoms with Crippen molar-refractivity contribution in [2.24, 2.45) is 0 Å². The second-order valence-corrected chi connectivity index (χ2v) is 8.26. The minimum atomic E-state index is 0.0872. The highest BCUT2D eigenvalue weighted by Gasteiger charge is 2.23. The van der Waals surface area contributed by atoms with Gasteiger partial charge in [0.15, 0.2) is 5.75 Å². The Kier molecular flexibility index (Phi) is 5.49. The Morgan fingerprint density at radius 2 is 1.81 bits per heavy atom. The predicted octanol–water partition coefficient (Wildman–Crippen LogP) is 6.44. The van der Waals surface area contributed by atoms with Crippen LogP contribution in [0.4, 0.5) is 11.4 Å². The second kappa shape index (κ2) is 7.65. The number of fused-ring (bicyclic) bond motifs is 2. The first-order valence-corrected chi connectivity index (χ1v) is 9.85. The molecule has 26 heavy (non-hydrogen) atoms. The van der Waals surface area contributed by atoms with E-state index in [-0.39, 0.29) is 5.41 Å². The van der Waals surface area contributed by atoms with E-state index in [1.165, 1.54) is 31.2 Å². The van der Waals surface area contributed by atoms with Crippen LogP contribution in [-0.2, 0) is 11.8 Å². The highest BCUT2D eigenvalue weighted by molar-refractivity contribution is 5.75. The van der Waals surface area contributed by atoms with E-state index in [2.05, 4.69) is 61.2 Å². The Labute approximate surface area is 157 Å². The van der Waals surface area contributed by atoms with Gasteiger partial charge in [0.05, 0.1) is 11.4 Å². The molecule has 2 aromatic rings. The molecule has 4 heteroatoms. The van der Waals surface area contributed by atoms with E-state index >= 15 is 0 Å². The van der Waals surface area contributed by atoms with Crippen LogP contribution in [0.2, 0.25) is 0 Å². The molecular weight excluding hydrogens is 322 g/mol. The van der Waals surface area contributed by atoms with Crippen LogP contribution in [0, 0.1) is 6.92 Å². The fourth-order valence-electron chi connectivity index (χ4n) is 3.23. The van der Waals surface area contributed by atoms with Crippen molar-refractivity contribution in [3.63, 3.8) is 0 Å².